The van der Waals surface area contributed by atoms with Crippen molar-refractivity contribution in [3.63, 3.8) is 0 Å². The molecule has 226 valence electrons. The minimum Gasteiger partial charge on any atom is -0.485 e. The number of nitrogens with zero attached hydrogens (tertiary/aromatic N) is 3. The Morgan fingerprint density at radius 2 is 1.81 bits per heavy atom. The number of benzene rings is 2. The molecule has 0 unspecified atom stereocenters. The first-order valence-corrected chi connectivity index (χ1v) is 15.8. The largest absolute Gasteiger partial charge is 0.485 e. The van der Waals surface area contributed by atoms with Crippen LogP contribution >= 0.6 is 55.1 Å². The van der Waals surface area contributed by atoms with Crippen molar-refractivity contribution in [2.45, 2.75) is 26.4 Å². The lowest BCUT2D eigenvalue weighted by Crippen LogP contribution is -2.40. The molecule has 4 amide bonds. The standard InChI is InChI=1S/C29H28Br2Cl2N6O4/c1-17-27(31)39-13-5-8-23(28(39)35-17)43-16-20-21(32)10-11-22(26(20)33)38(2)25(41)15-34-29(42)37-19-7-3-6-18(14-19)36-24(40)9-4-12-30/h3,5-8,10-11,13-14H,4,9,12,15-16H2,1-2H3,(H,36,40)(H2,34,37,42). The fraction of sp³-hybridized carbons (Fsp3) is 0.241. The fourth-order valence-electron chi connectivity index (χ4n) is 4.08. The van der Waals surface area contributed by atoms with Crippen LogP contribution in [-0.2, 0) is 16.2 Å². The summed E-state index contributed by atoms with van der Waals surface area (Å²) < 4.78 is 8.73. The van der Waals surface area contributed by atoms with Crippen LogP contribution in [0.4, 0.5) is 21.9 Å². The van der Waals surface area contributed by atoms with Crippen molar-refractivity contribution in [3.8, 4) is 5.75 Å². The third-order valence-corrected chi connectivity index (χ3v) is 8.62. The summed E-state index contributed by atoms with van der Waals surface area (Å²) in [6, 6.07) is 13.0. The summed E-state index contributed by atoms with van der Waals surface area (Å²) in [5.41, 5.74) is 3.35. The van der Waals surface area contributed by atoms with Crippen LogP contribution in [0.2, 0.25) is 10.0 Å². The minimum absolute atomic E-state index is 0.0351. The van der Waals surface area contributed by atoms with Crippen LogP contribution < -0.4 is 25.6 Å². The number of pyridine rings is 1. The summed E-state index contributed by atoms with van der Waals surface area (Å²) in [5.74, 6) is 0.00145. The van der Waals surface area contributed by atoms with Gasteiger partial charge in [0.25, 0.3) is 0 Å². The monoisotopic (exact) mass is 752 g/mol. The van der Waals surface area contributed by atoms with E-state index >= 15 is 0 Å². The zero-order chi connectivity index (χ0) is 31.1. The highest BCUT2D eigenvalue weighted by Crippen LogP contribution is 2.35. The van der Waals surface area contributed by atoms with E-state index < -0.39 is 11.9 Å². The maximum Gasteiger partial charge on any atom is 0.319 e. The molecular weight excluding hydrogens is 727 g/mol. The predicted octanol–water partition coefficient (Wildman–Crippen LogP) is 7.19. The molecule has 14 heteroatoms. The molecule has 0 saturated heterocycles. The van der Waals surface area contributed by atoms with Gasteiger partial charge in [0.1, 0.15) is 11.2 Å². The molecule has 0 radical (unpaired) electrons. The Labute approximate surface area is 275 Å². The van der Waals surface area contributed by atoms with Crippen LogP contribution in [0.15, 0.2) is 59.3 Å². The number of halogens is 4. The van der Waals surface area contributed by atoms with E-state index in [1.807, 2.05) is 23.6 Å². The molecule has 0 aliphatic carbocycles. The molecule has 43 heavy (non-hydrogen) atoms. The van der Waals surface area contributed by atoms with Gasteiger partial charge >= 0.3 is 6.03 Å². The van der Waals surface area contributed by atoms with Gasteiger partial charge in [-0.2, -0.15) is 0 Å². The number of anilines is 3. The van der Waals surface area contributed by atoms with Gasteiger partial charge in [0, 0.05) is 47.0 Å². The Bertz CT molecular complexity index is 1670. The van der Waals surface area contributed by atoms with Crippen molar-refractivity contribution in [1.82, 2.24) is 14.7 Å². The van der Waals surface area contributed by atoms with Crippen LogP contribution in [0.1, 0.15) is 24.1 Å². The molecule has 4 rings (SSSR count). The molecule has 2 heterocycles. The average molecular weight is 755 g/mol. The summed E-state index contributed by atoms with van der Waals surface area (Å²) in [4.78, 5) is 43.3. The quantitative estimate of drug-likeness (QED) is 0.140. The second-order valence-electron chi connectivity index (χ2n) is 9.38. The lowest BCUT2D eigenvalue weighted by Gasteiger charge is -2.21. The molecule has 10 nitrogen and oxygen atoms in total. The van der Waals surface area contributed by atoms with Crippen molar-refractivity contribution in [3.05, 3.63) is 80.6 Å². The Balaban J connectivity index is 1.36. The van der Waals surface area contributed by atoms with Gasteiger partial charge in [0.2, 0.25) is 11.8 Å². The van der Waals surface area contributed by atoms with Crippen LogP contribution in [0.3, 0.4) is 0 Å². The van der Waals surface area contributed by atoms with Crippen molar-refractivity contribution in [2.24, 2.45) is 0 Å². The predicted molar refractivity (Wildman–Crippen MR) is 177 cm³/mol. The summed E-state index contributed by atoms with van der Waals surface area (Å²) in [5, 5.41) is 9.35. The topological polar surface area (TPSA) is 117 Å². The number of urea groups is 1. The first-order chi connectivity index (χ1) is 20.6. The number of nitrogens with one attached hydrogen (secondary N) is 3. The number of fused-ring (bicyclic) bond motifs is 1. The smallest absolute Gasteiger partial charge is 0.319 e. The molecule has 0 saturated carbocycles. The number of hydrogen-bond acceptors (Lipinski definition) is 5. The van der Waals surface area contributed by atoms with Gasteiger partial charge in [-0.05, 0) is 71.7 Å². The number of likely N-dealkylation sites (N-methyl/N-ethyl adjacent to an activating group) is 1. The minimum atomic E-state index is -0.587. The van der Waals surface area contributed by atoms with Crippen LogP contribution in [0.5, 0.6) is 5.75 Å². The molecule has 4 aromatic rings. The number of carbonyl (C=O) groups is 3. The summed E-state index contributed by atoms with van der Waals surface area (Å²) in [6.45, 7) is 1.62. The van der Waals surface area contributed by atoms with Gasteiger partial charge in [-0.25, -0.2) is 9.78 Å². The normalized spacial score (nSPS) is 10.8. The molecule has 0 atom stereocenters. The molecule has 0 fully saturated rings. The third kappa shape index (κ3) is 8.20. The van der Waals surface area contributed by atoms with E-state index in [1.54, 1.807) is 49.5 Å². The van der Waals surface area contributed by atoms with E-state index in [4.69, 9.17) is 27.9 Å². The molecule has 0 bridgehead atoms. The first kappa shape index (κ1) is 32.6. The average Bonchev–Trinajstić information content (AvgIpc) is 3.28. The van der Waals surface area contributed by atoms with Crippen LogP contribution in [0, 0.1) is 6.92 Å². The van der Waals surface area contributed by atoms with Crippen molar-refractivity contribution in [1.29, 1.82) is 0 Å². The zero-order valence-corrected chi connectivity index (χ0v) is 27.9. The number of hydrogen-bond donors (Lipinski definition) is 3. The van der Waals surface area contributed by atoms with E-state index in [-0.39, 0.29) is 24.1 Å². The number of alkyl halides is 1. The lowest BCUT2D eigenvalue weighted by molar-refractivity contribution is -0.117. The van der Waals surface area contributed by atoms with Gasteiger partial charge in [0.05, 0.1) is 22.9 Å². The zero-order valence-electron chi connectivity index (χ0n) is 23.2. The summed E-state index contributed by atoms with van der Waals surface area (Å²) in [6.07, 6.45) is 2.96. The highest BCUT2D eigenvalue weighted by Gasteiger charge is 2.20. The van der Waals surface area contributed by atoms with Crippen LogP contribution in [0.25, 0.3) is 5.65 Å². The number of imidazole rings is 1. The number of ether oxygens (including phenoxy) is 1. The molecular formula is C29H28Br2Cl2N6O4. The molecule has 0 aliphatic heterocycles. The van der Waals surface area contributed by atoms with Crippen molar-refractivity contribution < 1.29 is 19.1 Å². The molecule has 2 aromatic carbocycles. The van der Waals surface area contributed by atoms with E-state index in [9.17, 15) is 14.4 Å². The van der Waals surface area contributed by atoms with Crippen molar-refractivity contribution >= 4 is 95.6 Å². The van der Waals surface area contributed by atoms with Crippen LogP contribution in [-0.4, -0.2) is 46.2 Å². The van der Waals surface area contributed by atoms with E-state index in [0.29, 0.717) is 51.9 Å². The van der Waals surface area contributed by atoms with E-state index in [1.165, 1.54) is 4.90 Å². The first-order valence-electron chi connectivity index (χ1n) is 13.1. The van der Waals surface area contributed by atoms with Gasteiger partial charge in [-0.3, -0.25) is 14.0 Å². The Morgan fingerprint density at radius 3 is 2.56 bits per heavy atom. The SMILES string of the molecule is Cc1nc2c(OCc3c(Cl)ccc(N(C)C(=O)CNC(=O)Nc4cccc(NC(=O)CCCBr)c4)c3Cl)cccn2c1Br. The Morgan fingerprint density at radius 1 is 1.07 bits per heavy atom. The highest BCUT2D eigenvalue weighted by molar-refractivity contribution is 9.10. The molecule has 0 spiro atoms. The Hall–Kier alpha value is -3.32. The maximum atomic E-state index is 13.0. The third-order valence-electron chi connectivity index (χ3n) is 6.33. The number of aromatic nitrogens is 2. The van der Waals surface area contributed by atoms with Gasteiger partial charge in [0.15, 0.2) is 11.4 Å². The number of rotatable bonds is 11. The van der Waals surface area contributed by atoms with Gasteiger partial charge < -0.3 is 25.6 Å². The molecule has 3 N–H and O–H groups in total. The maximum absolute atomic E-state index is 13.0. The fourth-order valence-corrected chi connectivity index (χ4v) is 5.34. The highest BCUT2D eigenvalue weighted by atomic mass is 79.9. The summed E-state index contributed by atoms with van der Waals surface area (Å²) in [7, 11) is 1.55. The molecule has 0 aliphatic rings. The number of carbonyl (C=O) groups excluding carboxylic acids is 3. The van der Waals surface area contributed by atoms with E-state index in [2.05, 4.69) is 52.8 Å². The lowest BCUT2D eigenvalue weighted by atomic mass is 10.2. The second-order valence-corrected chi connectivity index (χ2v) is 11.7. The summed E-state index contributed by atoms with van der Waals surface area (Å²) >= 11 is 20.0. The van der Waals surface area contributed by atoms with Crippen molar-refractivity contribution in [2.75, 3.05) is 34.5 Å². The Kier molecular flexibility index (Phi) is 11.3. The second kappa shape index (κ2) is 14.9. The van der Waals surface area contributed by atoms with Gasteiger partial charge in [-0.1, -0.05) is 45.2 Å². The van der Waals surface area contributed by atoms with Gasteiger partial charge in [-0.15, -0.1) is 0 Å². The van der Waals surface area contributed by atoms with E-state index in [0.717, 1.165) is 15.6 Å². The number of amides is 4. The number of aryl methyl sites for hydroxylation is 1. The molecule has 2 aromatic heterocycles.